The second kappa shape index (κ2) is 8.85. The molecular formula is C23H34N2OS. The van der Waals surface area contributed by atoms with E-state index in [0.717, 1.165) is 32.0 Å². The standard InChI is InChI=1S/C23H34N2OS/c1-5-26-18-23(11-10-21-7-6-16-27-21)12-14-25(15-13-23)22(3,4)20-9-8-19(2)24-17-20/h6-9,16-17H,5,10-15,18H2,1-4H3. The summed E-state index contributed by atoms with van der Waals surface area (Å²) >= 11 is 1.88. The molecule has 1 aliphatic rings. The van der Waals surface area contributed by atoms with E-state index in [1.165, 1.54) is 36.1 Å². The lowest BCUT2D eigenvalue weighted by Crippen LogP contribution is -2.50. The second-order valence-corrected chi connectivity index (χ2v) is 9.48. The summed E-state index contributed by atoms with van der Waals surface area (Å²) in [7, 11) is 0. The number of nitrogens with zero attached hydrogens (tertiary/aromatic N) is 2. The van der Waals surface area contributed by atoms with Crippen LogP contribution in [0.5, 0.6) is 0 Å². The van der Waals surface area contributed by atoms with E-state index in [1.54, 1.807) is 0 Å². The van der Waals surface area contributed by atoms with Gasteiger partial charge in [-0.15, -0.1) is 11.3 Å². The summed E-state index contributed by atoms with van der Waals surface area (Å²) in [6.07, 6.45) is 6.88. The van der Waals surface area contributed by atoms with Crippen molar-refractivity contribution in [1.29, 1.82) is 0 Å². The largest absolute Gasteiger partial charge is 0.381 e. The SMILES string of the molecule is CCOCC1(CCc2cccs2)CCN(C(C)(C)c2ccc(C)nc2)CC1. The van der Waals surface area contributed by atoms with E-state index in [9.17, 15) is 0 Å². The highest BCUT2D eigenvalue weighted by molar-refractivity contribution is 7.09. The summed E-state index contributed by atoms with van der Waals surface area (Å²) in [5.41, 5.74) is 2.73. The van der Waals surface area contributed by atoms with Crippen LogP contribution >= 0.6 is 11.3 Å². The number of piperidine rings is 1. The highest BCUT2D eigenvalue weighted by atomic mass is 32.1. The van der Waals surface area contributed by atoms with Crippen molar-refractivity contribution < 1.29 is 4.74 Å². The van der Waals surface area contributed by atoms with Crippen LogP contribution in [0.1, 0.15) is 56.2 Å². The second-order valence-electron chi connectivity index (χ2n) is 8.45. The molecule has 0 bridgehead atoms. The molecule has 4 heteroatoms. The van der Waals surface area contributed by atoms with Gasteiger partial charge in [-0.1, -0.05) is 12.1 Å². The molecule has 0 N–H and O–H groups in total. The van der Waals surface area contributed by atoms with Crippen LogP contribution in [0.2, 0.25) is 0 Å². The average Bonchev–Trinajstić information content (AvgIpc) is 3.19. The maximum Gasteiger partial charge on any atom is 0.0523 e. The first-order chi connectivity index (χ1) is 13.0. The van der Waals surface area contributed by atoms with E-state index in [2.05, 4.69) is 60.3 Å². The minimum atomic E-state index is 0.0201. The first kappa shape index (κ1) is 20.5. The molecule has 3 nitrogen and oxygen atoms in total. The Morgan fingerprint density at radius 3 is 2.59 bits per heavy atom. The van der Waals surface area contributed by atoms with Gasteiger partial charge in [0.2, 0.25) is 0 Å². The lowest BCUT2D eigenvalue weighted by Gasteiger charge is -2.48. The van der Waals surface area contributed by atoms with Crippen LogP contribution in [0, 0.1) is 12.3 Å². The van der Waals surface area contributed by atoms with Crippen molar-refractivity contribution in [1.82, 2.24) is 9.88 Å². The van der Waals surface area contributed by atoms with Crippen LogP contribution in [0.25, 0.3) is 0 Å². The van der Waals surface area contributed by atoms with Crippen molar-refractivity contribution in [2.45, 2.75) is 58.9 Å². The number of thiophene rings is 1. The van der Waals surface area contributed by atoms with Gasteiger partial charge in [-0.3, -0.25) is 9.88 Å². The maximum atomic E-state index is 5.94. The van der Waals surface area contributed by atoms with Crippen molar-refractivity contribution in [3.05, 3.63) is 52.0 Å². The smallest absolute Gasteiger partial charge is 0.0523 e. The molecule has 3 heterocycles. The minimum absolute atomic E-state index is 0.0201. The molecule has 27 heavy (non-hydrogen) atoms. The predicted octanol–water partition coefficient (Wildman–Crippen LogP) is 5.44. The Morgan fingerprint density at radius 1 is 1.22 bits per heavy atom. The first-order valence-corrected chi connectivity index (χ1v) is 11.1. The quantitative estimate of drug-likeness (QED) is 0.604. The fourth-order valence-electron chi connectivity index (χ4n) is 4.18. The van der Waals surface area contributed by atoms with Gasteiger partial charge >= 0.3 is 0 Å². The maximum absolute atomic E-state index is 5.94. The third-order valence-electron chi connectivity index (χ3n) is 6.33. The van der Waals surface area contributed by atoms with E-state index in [4.69, 9.17) is 4.74 Å². The monoisotopic (exact) mass is 386 g/mol. The van der Waals surface area contributed by atoms with Crippen molar-refractivity contribution in [2.24, 2.45) is 5.41 Å². The Hall–Kier alpha value is -1.23. The Kier molecular flexibility index (Phi) is 6.72. The molecule has 1 aliphatic heterocycles. The van der Waals surface area contributed by atoms with Crippen LogP contribution in [0.15, 0.2) is 35.8 Å². The average molecular weight is 387 g/mol. The Morgan fingerprint density at radius 2 is 2.00 bits per heavy atom. The number of hydrogen-bond acceptors (Lipinski definition) is 4. The van der Waals surface area contributed by atoms with Crippen molar-refractivity contribution in [3.63, 3.8) is 0 Å². The molecule has 1 saturated heterocycles. The van der Waals surface area contributed by atoms with Crippen LogP contribution in [0.4, 0.5) is 0 Å². The molecule has 2 aromatic rings. The summed E-state index contributed by atoms with van der Waals surface area (Å²) in [6, 6.07) is 8.79. The Labute approximate surface area is 168 Å². The van der Waals surface area contributed by atoms with Gasteiger partial charge in [0.1, 0.15) is 0 Å². The lowest BCUT2D eigenvalue weighted by atomic mass is 9.74. The summed E-state index contributed by atoms with van der Waals surface area (Å²) in [4.78, 5) is 8.65. The molecule has 0 amide bonds. The summed E-state index contributed by atoms with van der Waals surface area (Å²) in [5, 5.41) is 2.19. The summed E-state index contributed by atoms with van der Waals surface area (Å²) < 4.78 is 5.94. The van der Waals surface area contributed by atoms with Crippen LogP contribution in [0.3, 0.4) is 0 Å². The Bertz CT molecular complexity index is 686. The van der Waals surface area contributed by atoms with E-state index in [-0.39, 0.29) is 5.54 Å². The number of rotatable bonds is 8. The third kappa shape index (κ3) is 4.98. The molecule has 0 radical (unpaired) electrons. The van der Waals surface area contributed by atoms with Gasteiger partial charge in [0.25, 0.3) is 0 Å². The van der Waals surface area contributed by atoms with Gasteiger partial charge in [0, 0.05) is 28.9 Å². The zero-order valence-corrected chi connectivity index (χ0v) is 18.1. The third-order valence-corrected chi connectivity index (χ3v) is 7.26. The van der Waals surface area contributed by atoms with Gasteiger partial charge in [-0.2, -0.15) is 0 Å². The van der Waals surface area contributed by atoms with Gasteiger partial charge in [-0.05, 0) is 95.0 Å². The lowest BCUT2D eigenvalue weighted by molar-refractivity contribution is -0.0257. The van der Waals surface area contributed by atoms with Crippen molar-refractivity contribution in [3.8, 4) is 0 Å². The molecule has 0 atom stereocenters. The van der Waals surface area contributed by atoms with E-state index in [1.807, 2.05) is 24.5 Å². The fourth-order valence-corrected chi connectivity index (χ4v) is 4.89. The highest BCUT2D eigenvalue weighted by Crippen LogP contribution is 2.40. The normalized spacial score (nSPS) is 17.9. The number of likely N-dealkylation sites (tertiary alicyclic amines) is 1. The molecule has 0 spiro atoms. The number of pyridine rings is 1. The molecule has 0 aliphatic carbocycles. The molecule has 1 fully saturated rings. The fraction of sp³-hybridized carbons (Fsp3) is 0.609. The molecule has 0 unspecified atom stereocenters. The molecule has 0 aromatic carbocycles. The molecule has 2 aromatic heterocycles. The van der Waals surface area contributed by atoms with Gasteiger partial charge in [-0.25, -0.2) is 0 Å². The number of hydrogen-bond donors (Lipinski definition) is 0. The zero-order valence-electron chi connectivity index (χ0n) is 17.3. The van der Waals surface area contributed by atoms with Crippen molar-refractivity contribution >= 4 is 11.3 Å². The van der Waals surface area contributed by atoms with Crippen LogP contribution < -0.4 is 0 Å². The Balaban J connectivity index is 1.66. The van der Waals surface area contributed by atoms with Gasteiger partial charge in [0.15, 0.2) is 0 Å². The van der Waals surface area contributed by atoms with Crippen LogP contribution in [-0.4, -0.2) is 36.2 Å². The minimum Gasteiger partial charge on any atom is -0.381 e. The van der Waals surface area contributed by atoms with E-state index in [0.29, 0.717) is 5.41 Å². The van der Waals surface area contributed by atoms with Crippen LogP contribution in [-0.2, 0) is 16.7 Å². The molecule has 148 valence electrons. The zero-order chi connectivity index (χ0) is 19.3. The predicted molar refractivity (Wildman–Crippen MR) is 114 cm³/mol. The molecule has 0 saturated carbocycles. The molecular weight excluding hydrogens is 352 g/mol. The number of aryl methyl sites for hydroxylation is 2. The first-order valence-electron chi connectivity index (χ1n) is 10.2. The summed E-state index contributed by atoms with van der Waals surface area (Å²) in [6.45, 7) is 12.8. The highest BCUT2D eigenvalue weighted by Gasteiger charge is 2.39. The summed E-state index contributed by atoms with van der Waals surface area (Å²) in [5.74, 6) is 0. The van der Waals surface area contributed by atoms with E-state index < -0.39 is 0 Å². The van der Waals surface area contributed by atoms with E-state index >= 15 is 0 Å². The van der Waals surface area contributed by atoms with Crippen molar-refractivity contribution in [2.75, 3.05) is 26.3 Å². The molecule has 3 rings (SSSR count). The van der Waals surface area contributed by atoms with Gasteiger partial charge in [0.05, 0.1) is 6.61 Å². The number of aromatic nitrogens is 1. The topological polar surface area (TPSA) is 25.4 Å². The number of ether oxygens (including phenoxy) is 1. The van der Waals surface area contributed by atoms with Gasteiger partial charge < -0.3 is 4.74 Å².